The van der Waals surface area contributed by atoms with Gasteiger partial charge in [-0.3, -0.25) is 4.79 Å². The Balaban J connectivity index is 1.53. The van der Waals surface area contributed by atoms with Crippen LogP contribution in [0.15, 0.2) is 54.7 Å². The second-order valence-corrected chi connectivity index (χ2v) is 10.7. The van der Waals surface area contributed by atoms with Crippen LogP contribution >= 0.6 is 22.6 Å². The first-order chi connectivity index (χ1) is 17.8. The van der Waals surface area contributed by atoms with Gasteiger partial charge in [0.05, 0.1) is 28.6 Å². The van der Waals surface area contributed by atoms with Crippen molar-refractivity contribution in [2.45, 2.75) is 51.8 Å². The van der Waals surface area contributed by atoms with Gasteiger partial charge in [-0.2, -0.15) is 0 Å². The Kier molecular flexibility index (Phi) is 8.73. The Morgan fingerprint density at radius 2 is 1.92 bits per heavy atom. The first kappa shape index (κ1) is 27.0. The van der Waals surface area contributed by atoms with Crippen LogP contribution in [0.4, 0.5) is 4.79 Å². The number of H-pyrrole nitrogens is 1. The molecule has 196 valence electrons. The summed E-state index contributed by atoms with van der Waals surface area (Å²) in [6, 6.07) is 15.4. The molecule has 3 atom stereocenters. The van der Waals surface area contributed by atoms with Gasteiger partial charge in [0.1, 0.15) is 23.7 Å². The molecule has 9 heteroatoms. The zero-order chi connectivity index (χ0) is 26.5. The molecule has 8 nitrogen and oxygen atoms in total. The highest BCUT2D eigenvalue weighted by molar-refractivity contribution is 14.1. The van der Waals surface area contributed by atoms with Crippen LogP contribution < -0.4 is 10.1 Å². The summed E-state index contributed by atoms with van der Waals surface area (Å²) in [5, 5.41) is 2.69. The van der Waals surface area contributed by atoms with Crippen molar-refractivity contribution >= 4 is 34.6 Å². The minimum absolute atomic E-state index is 0.0801. The van der Waals surface area contributed by atoms with Gasteiger partial charge in [0.2, 0.25) is 5.91 Å². The first-order valence-electron chi connectivity index (χ1n) is 12.5. The number of aromatic nitrogens is 2. The summed E-state index contributed by atoms with van der Waals surface area (Å²) in [7, 11) is 1.30. The van der Waals surface area contributed by atoms with Crippen molar-refractivity contribution in [1.29, 1.82) is 0 Å². The molecule has 0 radical (unpaired) electrons. The molecular formula is C28H33IN4O4. The van der Waals surface area contributed by atoms with Crippen LogP contribution in [-0.2, 0) is 9.53 Å². The molecule has 1 saturated heterocycles. The third kappa shape index (κ3) is 6.26. The van der Waals surface area contributed by atoms with Crippen molar-refractivity contribution in [3.8, 4) is 17.0 Å². The van der Waals surface area contributed by atoms with Crippen LogP contribution in [0.1, 0.15) is 57.1 Å². The summed E-state index contributed by atoms with van der Waals surface area (Å²) in [6.45, 7) is 6.47. The molecule has 2 heterocycles. The summed E-state index contributed by atoms with van der Waals surface area (Å²) in [4.78, 5) is 35.1. The van der Waals surface area contributed by atoms with Gasteiger partial charge in [0.15, 0.2) is 0 Å². The average molecular weight is 616 g/mol. The number of aromatic amines is 1. The molecule has 0 saturated carbocycles. The Morgan fingerprint density at radius 1 is 1.16 bits per heavy atom. The number of likely N-dealkylation sites (tertiary alicyclic amines) is 1. The zero-order valence-corrected chi connectivity index (χ0v) is 23.7. The van der Waals surface area contributed by atoms with Gasteiger partial charge in [-0.15, -0.1) is 0 Å². The summed E-state index contributed by atoms with van der Waals surface area (Å²) in [5.41, 5.74) is 2.92. The van der Waals surface area contributed by atoms with E-state index >= 15 is 0 Å². The lowest BCUT2D eigenvalue weighted by Gasteiger charge is -2.30. The van der Waals surface area contributed by atoms with Gasteiger partial charge in [-0.1, -0.05) is 50.2 Å². The molecule has 1 aliphatic heterocycles. The predicted octanol–water partition coefficient (Wildman–Crippen LogP) is 5.87. The number of benzene rings is 2. The Morgan fingerprint density at radius 3 is 2.62 bits per heavy atom. The number of alkyl carbamates (subject to hydrolysis) is 1. The molecule has 37 heavy (non-hydrogen) atoms. The van der Waals surface area contributed by atoms with Crippen LogP contribution in [-0.4, -0.2) is 46.6 Å². The maximum atomic E-state index is 13.4. The van der Waals surface area contributed by atoms with Crippen LogP contribution in [0.5, 0.6) is 5.75 Å². The molecule has 1 aromatic heterocycles. The lowest BCUT2D eigenvalue weighted by molar-refractivity contribution is -0.135. The van der Waals surface area contributed by atoms with E-state index in [0.717, 1.165) is 44.8 Å². The van der Waals surface area contributed by atoms with Crippen molar-refractivity contribution < 1.29 is 19.1 Å². The monoisotopic (exact) mass is 616 g/mol. The smallest absolute Gasteiger partial charge is 0.407 e. The van der Waals surface area contributed by atoms with E-state index in [1.54, 1.807) is 6.20 Å². The van der Waals surface area contributed by atoms with Gasteiger partial charge in [-0.25, -0.2) is 9.78 Å². The Labute approximate surface area is 231 Å². The molecule has 1 aliphatic rings. The van der Waals surface area contributed by atoms with Crippen molar-refractivity contribution in [3.05, 3.63) is 69.7 Å². The van der Waals surface area contributed by atoms with E-state index in [0.29, 0.717) is 6.54 Å². The highest BCUT2D eigenvalue weighted by Gasteiger charge is 2.37. The van der Waals surface area contributed by atoms with Gasteiger partial charge in [0.25, 0.3) is 0 Å². The van der Waals surface area contributed by atoms with Crippen LogP contribution in [0, 0.1) is 9.49 Å². The van der Waals surface area contributed by atoms with E-state index in [-0.39, 0.29) is 24.0 Å². The molecule has 3 aromatic rings. The van der Waals surface area contributed by atoms with E-state index in [9.17, 15) is 9.59 Å². The van der Waals surface area contributed by atoms with Gasteiger partial charge in [0, 0.05) is 12.1 Å². The van der Waals surface area contributed by atoms with E-state index < -0.39 is 12.1 Å². The molecule has 2 aromatic carbocycles. The summed E-state index contributed by atoms with van der Waals surface area (Å²) in [5.74, 6) is 1.33. The molecule has 2 amide bonds. The number of methoxy groups -OCH3 is 1. The Hall–Kier alpha value is -3.08. The summed E-state index contributed by atoms with van der Waals surface area (Å²) < 4.78 is 12.0. The van der Waals surface area contributed by atoms with Gasteiger partial charge in [-0.05, 0) is 66.0 Å². The quantitative estimate of drug-likeness (QED) is 0.309. The van der Waals surface area contributed by atoms with Crippen molar-refractivity contribution in [1.82, 2.24) is 20.2 Å². The SMILES string of the molecule is COC(=O)N[C@H](C(=O)N1CCCC1c1ncc(-c2ccc(I)c(O[C@H](C)c3ccccc3)c2)[nH]1)C(C)C. The van der Waals surface area contributed by atoms with Crippen molar-refractivity contribution in [3.63, 3.8) is 0 Å². The normalized spacial score (nSPS) is 16.9. The molecule has 1 unspecified atom stereocenters. The molecule has 4 rings (SSSR count). The van der Waals surface area contributed by atoms with Crippen molar-refractivity contribution in [2.24, 2.45) is 5.92 Å². The molecule has 0 aliphatic carbocycles. The first-order valence-corrected chi connectivity index (χ1v) is 13.6. The maximum Gasteiger partial charge on any atom is 0.407 e. The molecule has 0 bridgehead atoms. The molecular weight excluding hydrogens is 583 g/mol. The lowest BCUT2D eigenvalue weighted by Crippen LogP contribution is -2.51. The van der Waals surface area contributed by atoms with Crippen LogP contribution in [0.2, 0.25) is 0 Å². The maximum absolute atomic E-state index is 13.4. The van der Waals surface area contributed by atoms with Crippen molar-refractivity contribution in [2.75, 3.05) is 13.7 Å². The third-order valence-corrected chi connectivity index (χ3v) is 7.54. The fourth-order valence-corrected chi connectivity index (χ4v) is 5.05. The topological polar surface area (TPSA) is 96.6 Å². The zero-order valence-electron chi connectivity index (χ0n) is 21.5. The fourth-order valence-electron chi connectivity index (χ4n) is 4.59. The van der Waals surface area contributed by atoms with E-state index in [1.807, 2.05) is 62.1 Å². The highest BCUT2D eigenvalue weighted by atomic mass is 127. The summed E-state index contributed by atoms with van der Waals surface area (Å²) >= 11 is 2.28. The summed E-state index contributed by atoms with van der Waals surface area (Å²) in [6.07, 6.45) is 2.77. The minimum atomic E-state index is -0.662. The van der Waals surface area contributed by atoms with E-state index in [2.05, 4.69) is 50.0 Å². The predicted molar refractivity (Wildman–Crippen MR) is 150 cm³/mol. The van der Waals surface area contributed by atoms with Crippen LogP contribution in [0.25, 0.3) is 11.3 Å². The van der Waals surface area contributed by atoms with E-state index in [4.69, 9.17) is 9.47 Å². The molecule has 1 fully saturated rings. The number of hydrogen-bond donors (Lipinski definition) is 2. The second kappa shape index (κ2) is 12.0. The number of carbonyl (C=O) groups excluding carboxylic acids is 2. The molecule has 0 spiro atoms. The molecule has 2 N–H and O–H groups in total. The number of amides is 2. The number of carbonyl (C=O) groups is 2. The second-order valence-electron chi connectivity index (χ2n) is 9.55. The minimum Gasteiger partial charge on any atom is -0.485 e. The van der Waals surface area contributed by atoms with Crippen LogP contribution in [0.3, 0.4) is 0 Å². The third-order valence-electron chi connectivity index (χ3n) is 6.65. The largest absolute Gasteiger partial charge is 0.485 e. The Bertz CT molecular complexity index is 1230. The number of nitrogens with zero attached hydrogens (tertiary/aromatic N) is 2. The average Bonchev–Trinajstić information content (AvgIpc) is 3.58. The fraction of sp³-hybridized carbons (Fsp3) is 0.393. The standard InChI is InChI=1S/C28H33IN4O4/c1-17(2)25(32-28(35)36-4)27(34)33-14-8-11-23(33)26-30-16-22(31-26)20-12-13-21(29)24(15-20)37-18(3)19-9-6-5-7-10-19/h5-7,9-10,12-13,15-18,23,25H,8,11,14H2,1-4H3,(H,30,31)(H,32,35)/t18-,23?,25+/m1/s1. The van der Waals surface area contributed by atoms with Gasteiger partial charge < -0.3 is 24.7 Å². The number of halogens is 1. The number of rotatable bonds is 8. The van der Waals surface area contributed by atoms with Gasteiger partial charge >= 0.3 is 6.09 Å². The van der Waals surface area contributed by atoms with E-state index in [1.165, 1.54) is 7.11 Å². The lowest BCUT2D eigenvalue weighted by atomic mass is 10.0. The number of nitrogens with one attached hydrogen (secondary N) is 2. The number of hydrogen-bond acceptors (Lipinski definition) is 5. The number of imidazole rings is 1. The highest BCUT2D eigenvalue weighted by Crippen LogP contribution is 2.34. The number of ether oxygens (including phenoxy) is 2.